The number of methoxy groups -OCH3 is 1. The predicted molar refractivity (Wildman–Crippen MR) is 94.4 cm³/mol. The van der Waals surface area contributed by atoms with E-state index in [0.29, 0.717) is 16.4 Å². The lowest BCUT2D eigenvalue weighted by Gasteiger charge is -2.10. The van der Waals surface area contributed by atoms with Crippen molar-refractivity contribution in [2.45, 2.75) is 23.8 Å². The number of H-pyrrole nitrogens is 1. The Morgan fingerprint density at radius 3 is 2.62 bits per heavy atom. The van der Waals surface area contributed by atoms with E-state index in [1.807, 2.05) is 0 Å². The van der Waals surface area contributed by atoms with Crippen molar-refractivity contribution in [3.63, 3.8) is 0 Å². The van der Waals surface area contributed by atoms with Gasteiger partial charge in [-0.25, -0.2) is 4.98 Å². The van der Waals surface area contributed by atoms with Crippen LogP contribution < -0.4 is 5.56 Å². The molecule has 2 aromatic rings. The van der Waals surface area contributed by atoms with Crippen molar-refractivity contribution < 1.29 is 14.3 Å². The summed E-state index contributed by atoms with van der Waals surface area (Å²) in [6.45, 7) is 1.74. The van der Waals surface area contributed by atoms with Gasteiger partial charge < -0.3 is 9.72 Å². The number of Topliss-reactive ketones (excluding diaryl/α,β-unsaturated/α-hetero) is 1. The van der Waals surface area contributed by atoms with E-state index in [-0.39, 0.29) is 17.8 Å². The van der Waals surface area contributed by atoms with Crippen LogP contribution in [0.25, 0.3) is 0 Å². The highest BCUT2D eigenvalue weighted by Crippen LogP contribution is 2.23. The van der Waals surface area contributed by atoms with Crippen LogP contribution in [-0.2, 0) is 16.0 Å². The van der Waals surface area contributed by atoms with Gasteiger partial charge in [0.05, 0.1) is 24.5 Å². The SMILES string of the molecule is COC(=O)Cc1cc(=O)[nH]c(S[C@@H](C)C(=O)c2ccc(Br)cc2)n1. The highest BCUT2D eigenvalue weighted by Gasteiger charge is 2.18. The third-order valence-corrected chi connectivity index (χ3v) is 4.63. The van der Waals surface area contributed by atoms with Crippen molar-refractivity contribution in [1.82, 2.24) is 9.97 Å². The summed E-state index contributed by atoms with van der Waals surface area (Å²) in [5, 5.41) is -0.151. The smallest absolute Gasteiger partial charge is 0.311 e. The van der Waals surface area contributed by atoms with Crippen molar-refractivity contribution in [3.05, 3.63) is 56.4 Å². The zero-order valence-corrected chi connectivity index (χ0v) is 15.4. The number of hydrogen-bond acceptors (Lipinski definition) is 6. The molecule has 0 spiro atoms. The number of nitrogens with zero attached hydrogens (tertiary/aromatic N) is 1. The number of rotatable bonds is 6. The largest absolute Gasteiger partial charge is 0.469 e. The Hall–Kier alpha value is -1.93. The van der Waals surface area contributed by atoms with Gasteiger partial charge in [0.2, 0.25) is 0 Å². The number of aromatic amines is 1. The minimum Gasteiger partial charge on any atom is -0.469 e. The maximum atomic E-state index is 12.4. The van der Waals surface area contributed by atoms with Gasteiger partial charge in [0.1, 0.15) is 0 Å². The number of ether oxygens (including phenoxy) is 1. The van der Waals surface area contributed by atoms with Crippen LogP contribution in [0.2, 0.25) is 0 Å². The molecule has 0 unspecified atom stereocenters. The Morgan fingerprint density at radius 1 is 1.33 bits per heavy atom. The molecule has 126 valence electrons. The Bertz CT molecular complexity index is 804. The van der Waals surface area contributed by atoms with E-state index in [1.165, 1.54) is 13.2 Å². The summed E-state index contributed by atoms with van der Waals surface area (Å²) < 4.78 is 5.45. The first-order valence-electron chi connectivity index (χ1n) is 7.02. The lowest BCUT2D eigenvalue weighted by Crippen LogP contribution is -2.17. The highest BCUT2D eigenvalue weighted by molar-refractivity contribution is 9.10. The molecule has 2 rings (SSSR count). The minimum absolute atomic E-state index is 0.0754. The summed E-state index contributed by atoms with van der Waals surface area (Å²) in [4.78, 5) is 42.2. The third-order valence-electron chi connectivity index (χ3n) is 3.11. The van der Waals surface area contributed by atoms with Gasteiger partial charge in [0.15, 0.2) is 10.9 Å². The van der Waals surface area contributed by atoms with Crippen LogP contribution in [0.3, 0.4) is 0 Å². The Balaban J connectivity index is 2.14. The molecule has 0 aliphatic carbocycles. The molecule has 0 fully saturated rings. The normalized spacial score (nSPS) is 11.8. The van der Waals surface area contributed by atoms with Crippen LogP contribution in [0, 0.1) is 0 Å². The van der Waals surface area contributed by atoms with Crippen LogP contribution >= 0.6 is 27.7 Å². The van der Waals surface area contributed by atoms with Crippen molar-refractivity contribution in [3.8, 4) is 0 Å². The minimum atomic E-state index is -0.483. The zero-order valence-electron chi connectivity index (χ0n) is 13.0. The molecule has 24 heavy (non-hydrogen) atoms. The molecular weight excluding hydrogens is 396 g/mol. The average Bonchev–Trinajstić information content (AvgIpc) is 2.54. The summed E-state index contributed by atoms with van der Waals surface area (Å²) in [5.74, 6) is -0.559. The molecule has 0 aliphatic heterocycles. The summed E-state index contributed by atoms with van der Waals surface area (Å²) in [5.41, 5.74) is 0.498. The second kappa shape index (κ2) is 8.25. The molecule has 1 heterocycles. The Kier molecular flexibility index (Phi) is 6.33. The first-order valence-corrected chi connectivity index (χ1v) is 8.70. The fourth-order valence-electron chi connectivity index (χ4n) is 1.92. The van der Waals surface area contributed by atoms with E-state index in [0.717, 1.165) is 16.2 Å². The number of nitrogens with one attached hydrogen (secondary N) is 1. The molecule has 1 atom stereocenters. The topological polar surface area (TPSA) is 89.1 Å². The Labute approximate surface area is 151 Å². The monoisotopic (exact) mass is 410 g/mol. The highest BCUT2D eigenvalue weighted by atomic mass is 79.9. The summed E-state index contributed by atoms with van der Waals surface area (Å²) in [7, 11) is 1.27. The first-order chi connectivity index (χ1) is 11.4. The fourth-order valence-corrected chi connectivity index (χ4v) is 3.09. The van der Waals surface area contributed by atoms with Crippen LogP contribution in [0.1, 0.15) is 23.0 Å². The van der Waals surface area contributed by atoms with Gasteiger partial charge >= 0.3 is 5.97 Å². The van der Waals surface area contributed by atoms with Crippen molar-refractivity contribution >= 4 is 39.4 Å². The quantitative estimate of drug-likeness (QED) is 0.340. The Morgan fingerprint density at radius 2 is 2.00 bits per heavy atom. The van der Waals surface area contributed by atoms with E-state index in [2.05, 4.69) is 30.6 Å². The standard InChI is InChI=1S/C16H15BrN2O4S/c1-9(15(22)10-3-5-11(17)6-4-10)24-16-18-12(7-13(20)19-16)8-14(21)23-2/h3-7,9H,8H2,1-2H3,(H,18,19,20)/t9-/m0/s1. The number of ketones is 1. The first kappa shape index (κ1) is 18.4. The molecule has 1 N–H and O–H groups in total. The van der Waals surface area contributed by atoms with Crippen LogP contribution in [0.15, 0.2) is 44.8 Å². The molecule has 0 saturated carbocycles. The molecule has 6 nitrogen and oxygen atoms in total. The third kappa shape index (κ3) is 5.04. The summed E-state index contributed by atoms with van der Waals surface area (Å²) in [6, 6.07) is 8.28. The average molecular weight is 411 g/mol. The molecule has 1 aromatic carbocycles. The predicted octanol–water partition coefficient (Wildman–Crippen LogP) is 2.61. The number of halogens is 1. The number of carbonyl (C=O) groups is 2. The van der Waals surface area contributed by atoms with Crippen molar-refractivity contribution in [2.24, 2.45) is 0 Å². The number of esters is 1. The van der Waals surface area contributed by atoms with Crippen molar-refractivity contribution in [2.75, 3.05) is 7.11 Å². The molecule has 0 radical (unpaired) electrons. The lowest BCUT2D eigenvalue weighted by molar-refractivity contribution is -0.139. The molecule has 0 saturated heterocycles. The van der Waals surface area contributed by atoms with Gasteiger partial charge in [-0.3, -0.25) is 14.4 Å². The molecule has 0 amide bonds. The van der Waals surface area contributed by atoms with E-state index in [9.17, 15) is 14.4 Å². The number of hydrogen-bond donors (Lipinski definition) is 1. The maximum absolute atomic E-state index is 12.4. The van der Waals surface area contributed by atoms with Gasteiger partial charge in [-0.1, -0.05) is 39.8 Å². The number of benzene rings is 1. The second-order valence-electron chi connectivity index (χ2n) is 4.93. The number of thioether (sulfide) groups is 1. The van der Waals surface area contributed by atoms with E-state index >= 15 is 0 Å². The molecular formula is C16H15BrN2O4S. The summed E-state index contributed by atoms with van der Waals surface area (Å²) >= 11 is 4.46. The maximum Gasteiger partial charge on any atom is 0.311 e. The number of aromatic nitrogens is 2. The van der Waals surface area contributed by atoms with Gasteiger partial charge in [-0.15, -0.1) is 0 Å². The van der Waals surface area contributed by atoms with Gasteiger partial charge in [-0.05, 0) is 19.1 Å². The molecule has 1 aromatic heterocycles. The van der Waals surface area contributed by atoms with Crippen LogP contribution in [-0.4, -0.2) is 34.1 Å². The molecule has 0 aliphatic rings. The fraction of sp³-hybridized carbons (Fsp3) is 0.250. The molecule has 0 bridgehead atoms. The van der Waals surface area contributed by atoms with Crippen LogP contribution in [0.4, 0.5) is 0 Å². The summed E-state index contributed by atoms with van der Waals surface area (Å²) in [6.07, 6.45) is -0.0942. The van der Waals surface area contributed by atoms with Gasteiger partial charge in [0.25, 0.3) is 5.56 Å². The second-order valence-corrected chi connectivity index (χ2v) is 7.17. The molecule has 8 heteroatoms. The van der Waals surface area contributed by atoms with Crippen molar-refractivity contribution in [1.29, 1.82) is 0 Å². The van der Waals surface area contributed by atoms with E-state index < -0.39 is 11.2 Å². The van der Waals surface area contributed by atoms with E-state index in [1.54, 1.807) is 31.2 Å². The van der Waals surface area contributed by atoms with Gasteiger partial charge in [-0.2, -0.15) is 0 Å². The lowest BCUT2D eigenvalue weighted by atomic mass is 10.1. The zero-order chi connectivity index (χ0) is 17.7. The van der Waals surface area contributed by atoms with E-state index in [4.69, 9.17) is 0 Å². The number of carbonyl (C=O) groups excluding carboxylic acids is 2. The van der Waals surface area contributed by atoms with Crippen LogP contribution in [0.5, 0.6) is 0 Å². The van der Waals surface area contributed by atoms with Gasteiger partial charge in [0, 0.05) is 16.1 Å².